The molecule has 0 heterocycles. The first-order chi connectivity index (χ1) is 7.59. The molecule has 0 amide bonds. The van der Waals surface area contributed by atoms with Gasteiger partial charge in [0.2, 0.25) is 0 Å². The summed E-state index contributed by atoms with van der Waals surface area (Å²) in [6.45, 7) is 0. The minimum Gasteiger partial charge on any atom is -0.506 e. The summed E-state index contributed by atoms with van der Waals surface area (Å²) >= 11 is 2.80. The normalized spacial score (nSPS) is 14.8. The van der Waals surface area contributed by atoms with Gasteiger partial charge in [-0.2, -0.15) is 22.0 Å². The van der Waals surface area contributed by atoms with Gasteiger partial charge in [0.1, 0.15) is 11.8 Å². The molecule has 96 valence electrons. The highest BCUT2D eigenvalue weighted by molar-refractivity contribution is 9.10. The Bertz CT molecular complexity index is 420. The molecule has 0 aliphatic rings. The van der Waals surface area contributed by atoms with E-state index >= 15 is 0 Å². The van der Waals surface area contributed by atoms with Crippen molar-refractivity contribution in [3.8, 4) is 5.75 Å². The molecule has 0 radical (unpaired) electrons. The van der Waals surface area contributed by atoms with E-state index < -0.39 is 29.5 Å². The van der Waals surface area contributed by atoms with Gasteiger partial charge in [0.05, 0.1) is 4.47 Å². The number of para-hydroxylation sites is 1. The number of aromatic hydroxyl groups is 1. The van der Waals surface area contributed by atoms with Crippen molar-refractivity contribution in [1.82, 2.24) is 0 Å². The van der Waals surface area contributed by atoms with Gasteiger partial charge in [0.15, 0.2) is 0 Å². The summed E-state index contributed by atoms with van der Waals surface area (Å²) in [5, 5.41) is 9.37. The predicted molar refractivity (Wildman–Crippen MR) is 53.7 cm³/mol. The molecule has 1 aromatic rings. The van der Waals surface area contributed by atoms with E-state index in [1.165, 1.54) is 12.1 Å². The van der Waals surface area contributed by atoms with Crippen LogP contribution in [0, 0.1) is 0 Å². The molecule has 0 saturated heterocycles. The molecule has 1 atom stereocenters. The number of nitrogens with two attached hydrogens (primary N) is 1. The van der Waals surface area contributed by atoms with Crippen molar-refractivity contribution in [2.45, 2.75) is 18.1 Å². The van der Waals surface area contributed by atoms with Crippen LogP contribution in [0.3, 0.4) is 0 Å². The van der Waals surface area contributed by atoms with Crippen LogP contribution in [0.4, 0.5) is 22.0 Å². The van der Waals surface area contributed by atoms with Crippen LogP contribution in [0.1, 0.15) is 11.6 Å². The van der Waals surface area contributed by atoms with E-state index in [4.69, 9.17) is 5.73 Å². The summed E-state index contributed by atoms with van der Waals surface area (Å²) in [7, 11) is 0. The maximum atomic E-state index is 12.9. The van der Waals surface area contributed by atoms with Gasteiger partial charge in [-0.1, -0.05) is 12.1 Å². The molecule has 3 N–H and O–H groups in total. The van der Waals surface area contributed by atoms with E-state index in [2.05, 4.69) is 15.9 Å². The van der Waals surface area contributed by atoms with E-state index in [1.54, 1.807) is 0 Å². The lowest BCUT2D eigenvalue weighted by Crippen LogP contribution is -2.45. The summed E-state index contributed by atoms with van der Waals surface area (Å²) in [5.41, 5.74) is 4.20. The fourth-order valence-corrected chi connectivity index (χ4v) is 1.54. The number of halogens is 6. The van der Waals surface area contributed by atoms with Crippen LogP contribution in [0.5, 0.6) is 5.75 Å². The lowest BCUT2D eigenvalue weighted by molar-refractivity contribution is -0.291. The Morgan fingerprint density at radius 2 is 1.71 bits per heavy atom. The van der Waals surface area contributed by atoms with Crippen LogP contribution in [0.2, 0.25) is 0 Å². The monoisotopic (exact) mass is 319 g/mol. The first-order valence-corrected chi connectivity index (χ1v) is 5.06. The zero-order valence-electron chi connectivity index (χ0n) is 8.10. The van der Waals surface area contributed by atoms with E-state index in [1.807, 2.05) is 0 Å². The molecular formula is C9H7BrF5NO. The van der Waals surface area contributed by atoms with Crippen molar-refractivity contribution >= 4 is 15.9 Å². The SMILES string of the molecule is N[C@@H](c1cccc(Br)c1O)C(F)(F)C(F)(F)F. The van der Waals surface area contributed by atoms with Crippen LogP contribution < -0.4 is 5.73 Å². The highest BCUT2D eigenvalue weighted by Gasteiger charge is 2.62. The quantitative estimate of drug-likeness (QED) is 0.821. The van der Waals surface area contributed by atoms with Crippen molar-refractivity contribution in [2.24, 2.45) is 5.73 Å². The van der Waals surface area contributed by atoms with Crippen LogP contribution in [0.15, 0.2) is 22.7 Å². The fraction of sp³-hybridized carbons (Fsp3) is 0.333. The Kier molecular flexibility index (Phi) is 3.68. The second-order valence-corrected chi connectivity index (χ2v) is 4.13. The number of benzene rings is 1. The number of hydrogen-bond acceptors (Lipinski definition) is 2. The zero-order chi connectivity index (χ0) is 13.4. The average molecular weight is 320 g/mol. The molecule has 0 fully saturated rings. The highest BCUT2D eigenvalue weighted by atomic mass is 79.9. The van der Waals surface area contributed by atoms with E-state index in [9.17, 15) is 27.1 Å². The third kappa shape index (κ3) is 2.52. The van der Waals surface area contributed by atoms with E-state index in [0.29, 0.717) is 0 Å². The summed E-state index contributed by atoms with van der Waals surface area (Å²) < 4.78 is 62.1. The Morgan fingerprint density at radius 3 is 2.18 bits per heavy atom. The van der Waals surface area contributed by atoms with Gasteiger partial charge in [-0.25, -0.2) is 0 Å². The van der Waals surface area contributed by atoms with Gasteiger partial charge < -0.3 is 10.8 Å². The van der Waals surface area contributed by atoms with Gasteiger partial charge in [0.25, 0.3) is 0 Å². The van der Waals surface area contributed by atoms with Gasteiger partial charge in [-0.3, -0.25) is 0 Å². The molecular weight excluding hydrogens is 313 g/mol. The van der Waals surface area contributed by atoms with Gasteiger partial charge in [-0.15, -0.1) is 0 Å². The molecule has 0 saturated carbocycles. The molecule has 8 heteroatoms. The van der Waals surface area contributed by atoms with Gasteiger partial charge in [0, 0.05) is 5.56 Å². The Hall–Kier alpha value is -0.890. The summed E-state index contributed by atoms with van der Waals surface area (Å²) in [5.74, 6) is -5.85. The lowest BCUT2D eigenvalue weighted by Gasteiger charge is -2.26. The minimum absolute atomic E-state index is 0.0107. The Labute approximate surface area is 101 Å². The summed E-state index contributed by atoms with van der Waals surface area (Å²) in [4.78, 5) is 0. The molecule has 2 nitrogen and oxygen atoms in total. The topological polar surface area (TPSA) is 46.2 Å². The largest absolute Gasteiger partial charge is 0.506 e. The molecule has 0 spiro atoms. The minimum atomic E-state index is -5.78. The third-order valence-electron chi connectivity index (χ3n) is 2.12. The molecule has 0 aromatic heterocycles. The fourth-order valence-electron chi connectivity index (χ4n) is 1.15. The predicted octanol–water partition coefficient (Wildman–Crippen LogP) is 3.35. The van der Waals surface area contributed by atoms with Crippen molar-refractivity contribution < 1.29 is 27.1 Å². The van der Waals surface area contributed by atoms with Gasteiger partial charge in [-0.05, 0) is 22.0 Å². The maximum absolute atomic E-state index is 12.9. The average Bonchev–Trinajstić information content (AvgIpc) is 2.19. The smallest absolute Gasteiger partial charge is 0.455 e. The van der Waals surface area contributed by atoms with Crippen LogP contribution in [-0.4, -0.2) is 17.2 Å². The molecule has 1 aromatic carbocycles. The van der Waals surface area contributed by atoms with E-state index in [-0.39, 0.29) is 4.47 Å². The number of hydrogen-bond donors (Lipinski definition) is 2. The van der Waals surface area contributed by atoms with Crippen molar-refractivity contribution in [1.29, 1.82) is 0 Å². The van der Waals surface area contributed by atoms with Crippen LogP contribution in [-0.2, 0) is 0 Å². The van der Waals surface area contributed by atoms with Crippen LogP contribution in [0.25, 0.3) is 0 Å². The van der Waals surface area contributed by atoms with Crippen molar-refractivity contribution in [2.75, 3.05) is 0 Å². The molecule has 17 heavy (non-hydrogen) atoms. The highest BCUT2D eigenvalue weighted by Crippen LogP contribution is 2.45. The molecule has 1 rings (SSSR count). The van der Waals surface area contributed by atoms with Crippen molar-refractivity contribution in [3.63, 3.8) is 0 Å². The molecule has 0 aliphatic heterocycles. The lowest BCUT2D eigenvalue weighted by atomic mass is 10.00. The number of phenolic OH excluding ortho intramolecular Hbond substituents is 1. The van der Waals surface area contributed by atoms with Gasteiger partial charge >= 0.3 is 12.1 Å². The third-order valence-corrected chi connectivity index (χ3v) is 2.76. The second kappa shape index (κ2) is 4.41. The molecule has 0 bridgehead atoms. The molecule has 0 unspecified atom stereocenters. The summed E-state index contributed by atoms with van der Waals surface area (Å²) in [6.07, 6.45) is -5.78. The maximum Gasteiger partial charge on any atom is 0.455 e. The first kappa shape index (κ1) is 14.2. The van der Waals surface area contributed by atoms with Crippen LogP contribution >= 0.6 is 15.9 Å². The first-order valence-electron chi connectivity index (χ1n) is 4.26. The Balaban J connectivity index is 3.22. The summed E-state index contributed by atoms with van der Waals surface area (Å²) in [6, 6.07) is 0.729. The van der Waals surface area contributed by atoms with E-state index in [0.717, 1.165) is 6.07 Å². The Morgan fingerprint density at radius 1 is 1.18 bits per heavy atom. The second-order valence-electron chi connectivity index (χ2n) is 3.28. The zero-order valence-corrected chi connectivity index (χ0v) is 9.69. The standard InChI is InChI=1S/C9H7BrF5NO/c10-5-3-1-2-4(6(5)17)7(16)8(11,12)9(13,14)15/h1-3,7,17H,16H2/t7-/m0/s1. The number of phenols is 1. The van der Waals surface area contributed by atoms with Crippen molar-refractivity contribution in [3.05, 3.63) is 28.2 Å². The molecule has 0 aliphatic carbocycles. The number of rotatable bonds is 2. The number of alkyl halides is 5.